The Balaban J connectivity index is 0.000000492. The molecule has 96 valence electrons. The Bertz CT molecular complexity index is 534. The van der Waals surface area contributed by atoms with Gasteiger partial charge in [-0.3, -0.25) is 4.79 Å². The Kier molecular flexibility index (Phi) is 5.07. The minimum absolute atomic E-state index is 0.347. The topological polar surface area (TPSA) is 96.2 Å². The molecule has 1 atom stereocenters. The van der Waals surface area contributed by atoms with E-state index in [2.05, 4.69) is 4.98 Å². The molecule has 0 saturated carbocycles. The van der Waals surface area contributed by atoms with Crippen molar-refractivity contribution in [3.8, 4) is 0 Å². The number of benzene rings is 1. The van der Waals surface area contributed by atoms with Crippen LogP contribution in [-0.2, 0) is 16.0 Å². The van der Waals surface area contributed by atoms with Crippen molar-refractivity contribution in [2.24, 2.45) is 5.73 Å². The highest BCUT2D eigenvalue weighted by Gasteiger charge is 2.14. The van der Waals surface area contributed by atoms with Crippen LogP contribution in [0.1, 0.15) is 12.5 Å². The monoisotopic (exact) mass is 248 g/mol. The van der Waals surface area contributed by atoms with Gasteiger partial charge in [0.1, 0.15) is 12.3 Å². The third kappa shape index (κ3) is 3.43. The van der Waals surface area contributed by atoms with Crippen LogP contribution in [0.15, 0.2) is 30.5 Å². The molecular formula is C13H16N2O3. The smallest absolute Gasteiger partial charge is 0.320 e. The molecule has 1 heterocycles. The van der Waals surface area contributed by atoms with Crippen molar-refractivity contribution in [2.45, 2.75) is 19.4 Å². The summed E-state index contributed by atoms with van der Waals surface area (Å²) < 4.78 is 0. The lowest BCUT2D eigenvalue weighted by Crippen LogP contribution is -2.32. The van der Waals surface area contributed by atoms with Crippen LogP contribution in [0.5, 0.6) is 0 Å². The third-order valence-corrected chi connectivity index (χ3v) is 2.43. The molecule has 0 fully saturated rings. The van der Waals surface area contributed by atoms with Crippen molar-refractivity contribution in [2.75, 3.05) is 0 Å². The molecule has 2 aromatic rings. The fourth-order valence-electron chi connectivity index (χ4n) is 1.62. The van der Waals surface area contributed by atoms with Gasteiger partial charge in [-0.15, -0.1) is 0 Å². The molecule has 1 aromatic carbocycles. The van der Waals surface area contributed by atoms with Gasteiger partial charge in [0.15, 0.2) is 0 Å². The highest BCUT2D eigenvalue weighted by atomic mass is 16.4. The Labute approximate surface area is 105 Å². The molecule has 4 N–H and O–H groups in total. The first-order chi connectivity index (χ1) is 8.60. The van der Waals surface area contributed by atoms with E-state index in [4.69, 9.17) is 15.6 Å². The van der Waals surface area contributed by atoms with E-state index in [1.807, 2.05) is 30.5 Å². The molecule has 0 aliphatic heterocycles. The molecule has 0 aliphatic rings. The number of aromatic amines is 1. The number of aliphatic carboxylic acids is 1. The Hall–Kier alpha value is -2.14. The second kappa shape index (κ2) is 6.56. The van der Waals surface area contributed by atoms with E-state index >= 15 is 0 Å². The molecule has 18 heavy (non-hydrogen) atoms. The second-order valence-corrected chi connectivity index (χ2v) is 3.74. The van der Waals surface area contributed by atoms with E-state index in [1.165, 1.54) is 6.92 Å². The number of carboxylic acids is 1. The molecule has 5 nitrogen and oxygen atoms in total. The number of aldehydes is 1. The number of rotatable bonds is 3. The number of carboxylic acid groups (broad SMARTS) is 1. The van der Waals surface area contributed by atoms with Gasteiger partial charge < -0.3 is 20.6 Å². The lowest BCUT2D eigenvalue weighted by molar-refractivity contribution is -0.138. The fourth-order valence-corrected chi connectivity index (χ4v) is 1.62. The van der Waals surface area contributed by atoms with Gasteiger partial charge in [0, 0.05) is 23.5 Å². The summed E-state index contributed by atoms with van der Waals surface area (Å²) in [5.74, 6) is -0.972. The predicted octanol–water partition coefficient (Wildman–Crippen LogP) is 1.33. The zero-order valence-electron chi connectivity index (χ0n) is 10.1. The van der Waals surface area contributed by atoms with Gasteiger partial charge in [0.2, 0.25) is 0 Å². The second-order valence-electron chi connectivity index (χ2n) is 3.74. The number of nitrogens with two attached hydrogens (primary N) is 1. The van der Waals surface area contributed by atoms with Crippen LogP contribution in [0.4, 0.5) is 0 Å². The lowest BCUT2D eigenvalue weighted by atomic mass is 10.1. The van der Waals surface area contributed by atoms with Gasteiger partial charge in [-0.25, -0.2) is 0 Å². The predicted molar refractivity (Wildman–Crippen MR) is 69.4 cm³/mol. The maximum absolute atomic E-state index is 10.6. The Morgan fingerprint density at radius 3 is 2.72 bits per heavy atom. The maximum atomic E-state index is 10.6. The van der Waals surface area contributed by atoms with Gasteiger partial charge in [-0.2, -0.15) is 0 Å². The first kappa shape index (κ1) is 13.9. The number of fused-ring (bicyclic) bond motifs is 1. The summed E-state index contributed by atoms with van der Waals surface area (Å²) in [7, 11) is 0. The van der Waals surface area contributed by atoms with E-state index in [1.54, 1.807) is 0 Å². The number of para-hydroxylation sites is 1. The quantitative estimate of drug-likeness (QED) is 0.714. The summed E-state index contributed by atoms with van der Waals surface area (Å²) in [6, 6.07) is 6.91. The van der Waals surface area contributed by atoms with Crippen molar-refractivity contribution >= 4 is 23.2 Å². The standard InChI is InChI=1S/C11H12N2O2.C2H4O/c12-9(11(14)15)5-7-6-13-10-4-2-1-3-8(7)10;1-2-3/h1-4,6,9,13H,5,12H2,(H,14,15);2H,1H3/t9-;/m1./s1. The average Bonchev–Trinajstić information content (AvgIpc) is 2.74. The van der Waals surface area contributed by atoms with Gasteiger partial charge in [0.25, 0.3) is 0 Å². The van der Waals surface area contributed by atoms with Crippen molar-refractivity contribution in [1.29, 1.82) is 0 Å². The maximum Gasteiger partial charge on any atom is 0.320 e. The van der Waals surface area contributed by atoms with Crippen molar-refractivity contribution in [3.63, 3.8) is 0 Å². The molecular weight excluding hydrogens is 232 g/mol. The summed E-state index contributed by atoms with van der Waals surface area (Å²) in [6.45, 7) is 1.44. The summed E-state index contributed by atoms with van der Waals surface area (Å²) >= 11 is 0. The van der Waals surface area contributed by atoms with Crippen LogP contribution in [0, 0.1) is 0 Å². The Morgan fingerprint density at radius 1 is 1.50 bits per heavy atom. The zero-order chi connectivity index (χ0) is 13.5. The van der Waals surface area contributed by atoms with Gasteiger partial charge in [-0.05, 0) is 18.6 Å². The lowest BCUT2D eigenvalue weighted by Gasteiger charge is -2.04. The molecule has 0 saturated heterocycles. The highest BCUT2D eigenvalue weighted by Crippen LogP contribution is 2.18. The minimum atomic E-state index is -0.972. The molecule has 0 unspecified atom stereocenters. The van der Waals surface area contributed by atoms with Gasteiger partial charge >= 0.3 is 5.97 Å². The van der Waals surface area contributed by atoms with E-state index in [9.17, 15) is 4.79 Å². The van der Waals surface area contributed by atoms with Crippen LogP contribution in [0.3, 0.4) is 0 Å². The van der Waals surface area contributed by atoms with Crippen molar-refractivity contribution in [1.82, 2.24) is 4.98 Å². The first-order valence-corrected chi connectivity index (χ1v) is 5.53. The minimum Gasteiger partial charge on any atom is -0.480 e. The number of carbonyl (C=O) groups is 2. The van der Waals surface area contributed by atoms with E-state index in [0.29, 0.717) is 6.42 Å². The summed E-state index contributed by atoms with van der Waals surface area (Å²) in [5.41, 5.74) is 7.43. The average molecular weight is 248 g/mol. The van der Waals surface area contributed by atoms with E-state index in [0.717, 1.165) is 22.8 Å². The zero-order valence-corrected chi connectivity index (χ0v) is 10.1. The first-order valence-electron chi connectivity index (χ1n) is 5.53. The molecule has 0 bridgehead atoms. The third-order valence-electron chi connectivity index (χ3n) is 2.43. The molecule has 0 aliphatic carbocycles. The van der Waals surface area contributed by atoms with E-state index < -0.39 is 12.0 Å². The van der Waals surface area contributed by atoms with Gasteiger partial charge in [0.05, 0.1) is 0 Å². The number of hydrogen-bond acceptors (Lipinski definition) is 3. The van der Waals surface area contributed by atoms with Crippen LogP contribution >= 0.6 is 0 Å². The molecule has 0 amide bonds. The number of nitrogens with one attached hydrogen (secondary N) is 1. The molecule has 0 radical (unpaired) electrons. The van der Waals surface area contributed by atoms with Crippen LogP contribution in [0.25, 0.3) is 10.9 Å². The highest BCUT2D eigenvalue weighted by molar-refractivity contribution is 5.84. The largest absolute Gasteiger partial charge is 0.480 e. The number of hydrogen-bond donors (Lipinski definition) is 3. The number of aromatic nitrogens is 1. The van der Waals surface area contributed by atoms with Crippen LogP contribution in [0.2, 0.25) is 0 Å². The molecule has 0 spiro atoms. The molecule has 5 heteroatoms. The van der Waals surface area contributed by atoms with E-state index in [-0.39, 0.29) is 0 Å². The van der Waals surface area contributed by atoms with Gasteiger partial charge in [-0.1, -0.05) is 18.2 Å². The summed E-state index contributed by atoms with van der Waals surface area (Å²) in [5, 5.41) is 9.75. The Morgan fingerprint density at radius 2 is 2.11 bits per heavy atom. The molecule has 1 aromatic heterocycles. The van der Waals surface area contributed by atoms with Crippen LogP contribution < -0.4 is 5.73 Å². The van der Waals surface area contributed by atoms with Crippen molar-refractivity contribution < 1.29 is 14.7 Å². The normalized spacial score (nSPS) is 11.4. The summed E-state index contributed by atoms with van der Waals surface area (Å²) in [6.07, 6.45) is 2.91. The number of carbonyl (C=O) groups excluding carboxylic acids is 1. The fraction of sp³-hybridized carbons (Fsp3) is 0.231. The summed E-state index contributed by atoms with van der Waals surface area (Å²) in [4.78, 5) is 22.5. The SMILES string of the molecule is CC=O.N[C@H](Cc1c[nH]c2ccccc12)C(=O)O. The van der Waals surface area contributed by atoms with Crippen molar-refractivity contribution in [3.05, 3.63) is 36.0 Å². The number of H-pyrrole nitrogens is 1. The van der Waals surface area contributed by atoms with Crippen LogP contribution in [-0.4, -0.2) is 28.4 Å². The molecule has 2 rings (SSSR count).